The molecular weight excluding hydrogens is 136 g/mol. The van der Waals surface area contributed by atoms with Crippen molar-refractivity contribution >= 4 is 0 Å². The van der Waals surface area contributed by atoms with E-state index in [0.717, 1.165) is 0 Å². The Labute approximate surface area is 67.3 Å². The van der Waals surface area contributed by atoms with E-state index in [1.54, 1.807) is 0 Å². The van der Waals surface area contributed by atoms with Crippen LogP contribution in [0.4, 0.5) is 0 Å². The number of hydrogen-bond acceptors (Lipinski definition) is 1. The fourth-order valence-electron chi connectivity index (χ4n) is 1.97. The van der Waals surface area contributed by atoms with Crippen LogP contribution in [0.2, 0.25) is 0 Å². The van der Waals surface area contributed by atoms with Crippen LogP contribution in [-0.2, 0) is 5.54 Å². The van der Waals surface area contributed by atoms with Gasteiger partial charge in [-0.2, -0.15) is 0 Å². The van der Waals surface area contributed by atoms with Gasteiger partial charge in [-0.1, -0.05) is 12.8 Å². The second-order valence-corrected chi connectivity index (χ2v) is 3.67. The molecule has 2 heteroatoms. The molecule has 0 atom stereocenters. The molecule has 60 valence electrons. The molecule has 2 rings (SSSR count). The summed E-state index contributed by atoms with van der Waals surface area (Å²) in [6.07, 6.45) is 11.2. The normalized spacial score (nSPS) is 22.3. The van der Waals surface area contributed by atoms with Crippen molar-refractivity contribution < 1.29 is 0 Å². The van der Waals surface area contributed by atoms with E-state index in [1.807, 2.05) is 12.5 Å². The van der Waals surface area contributed by atoms with Gasteiger partial charge < -0.3 is 4.57 Å². The van der Waals surface area contributed by atoms with E-state index in [-0.39, 0.29) is 0 Å². The molecular formula is C9H14N2. The molecule has 0 aromatic carbocycles. The molecule has 0 N–H and O–H groups in total. The Kier molecular flexibility index (Phi) is 1.48. The summed E-state index contributed by atoms with van der Waals surface area (Å²) in [4.78, 5) is 4.07. The van der Waals surface area contributed by atoms with Gasteiger partial charge in [0, 0.05) is 17.9 Å². The second kappa shape index (κ2) is 2.36. The highest BCUT2D eigenvalue weighted by atomic mass is 15.1. The Morgan fingerprint density at radius 2 is 2.09 bits per heavy atom. The molecule has 1 aliphatic carbocycles. The lowest BCUT2D eigenvalue weighted by Gasteiger charge is -2.25. The van der Waals surface area contributed by atoms with E-state index in [9.17, 15) is 0 Å². The third kappa shape index (κ3) is 1.06. The number of nitrogens with zero attached hydrogens (tertiary/aromatic N) is 2. The number of imidazole rings is 1. The summed E-state index contributed by atoms with van der Waals surface area (Å²) in [5, 5.41) is 0. The summed E-state index contributed by atoms with van der Waals surface area (Å²) in [6.45, 7) is 2.32. The highest BCUT2D eigenvalue weighted by Gasteiger charge is 2.29. The van der Waals surface area contributed by atoms with E-state index in [0.29, 0.717) is 5.54 Å². The third-order valence-electron chi connectivity index (χ3n) is 2.81. The van der Waals surface area contributed by atoms with Crippen molar-refractivity contribution in [3.63, 3.8) is 0 Å². The molecule has 0 bridgehead atoms. The van der Waals surface area contributed by atoms with Crippen LogP contribution in [0.5, 0.6) is 0 Å². The topological polar surface area (TPSA) is 17.8 Å². The molecule has 0 spiro atoms. The first-order valence-corrected chi connectivity index (χ1v) is 4.30. The van der Waals surface area contributed by atoms with Crippen LogP contribution in [0.25, 0.3) is 0 Å². The second-order valence-electron chi connectivity index (χ2n) is 3.67. The molecule has 1 heterocycles. The first-order valence-electron chi connectivity index (χ1n) is 4.30. The predicted octanol–water partition coefficient (Wildman–Crippen LogP) is 2.17. The Morgan fingerprint density at radius 3 is 2.64 bits per heavy atom. The average molecular weight is 150 g/mol. The molecule has 0 saturated heterocycles. The van der Waals surface area contributed by atoms with Gasteiger partial charge in [0.2, 0.25) is 0 Å². The van der Waals surface area contributed by atoms with Gasteiger partial charge in [0.05, 0.1) is 6.33 Å². The molecule has 1 fully saturated rings. The quantitative estimate of drug-likeness (QED) is 0.600. The lowest BCUT2D eigenvalue weighted by atomic mass is 10.0. The number of hydrogen-bond donors (Lipinski definition) is 0. The molecule has 1 aromatic rings. The van der Waals surface area contributed by atoms with Crippen molar-refractivity contribution in [3.05, 3.63) is 18.7 Å². The molecule has 1 aromatic heterocycles. The molecule has 0 amide bonds. The van der Waals surface area contributed by atoms with Gasteiger partial charge in [0.15, 0.2) is 0 Å². The third-order valence-corrected chi connectivity index (χ3v) is 2.81. The van der Waals surface area contributed by atoms with Gasteiger partial charge in [-0.05, 0) is 19.8 Å². The number of aromatic nitrogens is 2. The van der Waals surface area contributed by atoms with Crippen molar-refractivity contribution in [2.75, 3.05) is 0 Å². The largest absolute Gasteiger partial charge is 0.332 e. The molecule has 0 radical (unpaired) electrons. The monoisotopic (exact) mass is 150 g/mol. The molecule has 0 unspecified atom stereocenters. The molecule has 2 nitrogen and oxygen atoms in total. The zero-order valence-electron chi connectivity index (χ0n) is 6.95. The van der Waals surface area contributed by atoms with Crippen LogP contribution in [0.1, 0.15) is 32.6 Å². The van der Waals surface area contributed by atoms with Gasteiger partial charge in [0.25, 0.3) is 0 Å². The summed E-state index contributed by atoms with van der Waals surface area (Å²) in [7, 11) is 0. The highest BCUT2D eigenvalue weighted by molar-refractivity contribution is 4.91. The molecule has 1 aliphatic rings. The fraction of sp³-hybridized carbons (Fsp3) is 0.667. The summed E-state index contributed by atoms with van der Waals surface area (Å²) in [5.74, 6) is 0. The van der Waals surface area contributed by atoms with E-state index in [1.165, 1.54) is 25.7 Å². The van der Waals surface area contributed by atoms with Gasteiger partial charge in [-0.3, -0.25) is 0 Å². The van der Waals surface area contributed by atoms with Gasteiger partial charge >= 0.3 is 0 Å². The van der Waals surface area contributed by atoms with Crippen molar-refractivity contribution in [2.24, 2.45) is 0 Å². The predicted molar refractivity (Wildman–Crippen MR) is 44.3 cm³/mol. The van der Waals surface area contributed by atoms with Crippen LogP contribution in [0.3, 0.4) is 0 Å². The Bertz CT molecular complexity index is 220. The van der Waals surface area contributed by atoms with Gasteiger partial charge in [-0.15, -0.1) is 0 Å². The van der Waals surface area contributed by atoms with Crippen LogP contribution < -0.4 is 0 Å². The maximum absolute atomic E-state index is 4.07. The van der Waals surface area contributed by atoms with Crippen LogP contribution in [-0.4, -0.2) is 9.55 Å². The van der Waals surface area contributed by atoms with E-state index >= 15 is 0 Å². The van der Waals surface area contributed by atoms with Gasteiger partial charge in [0.1, 0.15) is 0 Å². The van der Waals surface area contributed by atoms with E-state index in [4.69, 9.17) is 0 Å². The zero-order chi connectivity index (χ0) is 7.73. The molecule has 11 heavy (non-hydrogen) atoms. The lowest BCUT2D eigenvalue weighted by Crippen LogP contribution is -2.24. The SMILES string of the molecule is CC1(n2ccnc2)CCCC1. The minimum atomic E-state index is 0.372. The lowest BCUT2D eigenvalue weighted by molar-refractivity contribution is 0.328. The summed E-state index contributed by atoms with van der Waals surface area (Å²) < 4.78 is 2.25. The minimum Gasteiger partial charge on any atom is -0.332 e. The summed E-state index contributed by atoms with van der Waals surface area (Å²) >= 11 is 0. The fourth-order valence-corrected chi connectivity index (χ4v) is 1.97. The van der Waals surface area contributed by atoms with Crippen molar-refractivity contribution in [2.45, 2.75) is 38.1 Å². The Morgan fingerprint density at radius 1 is 1.36 bits per heavy atom. The van der Waals surface area contributed by atoms with Crippen LogP contribution in [0, 0.1) is 0 Å². The van der Waals surface area contributed by atoms with E-state index in [2.05, 4.69) is 22.7 Å². The average Bonchev–Trinajstić information content (AvgIpc) is 2.55. The summed E-state index contributed by atoms with van der Waals surface area (Å²) in [6, 6.07) is 0. The van der Waals surface area contributed by atoms with Crippen molar-refractivity contribution in [1.82, 2.24) is 9.55 Å². The summed E-state index contributed by atoms with van der Waals surface area (Å²) in [5.41, 5.74) is 0.372. The minimum absolute atomic E-state index is 0.372. The molecule has 1 saturated carbocycles. The zero-order valence-corrected chi connectivity index (χ0v) is 6.95. The Hall–Kier alpha value is -0.790. The maximum Gasteiger partial charge on any atom is 0.0951 e. The first-order chi connectivity index (χ1) is 5.31. The first kappa shape index (κ1) is 6.89. The number of rotatable bonds is 1. The molecule has 0 aliphatic heterocycles. The standard InChI is InChI=1S/C9H14N2/c1-9(4-2-3-5-9)11-7-6-10-8-11/h6-8H,2-5H2,1H3. The smallest absolute Gasteiger partial charge is 0.0951 e. The Balaban J connectivity index is 2.27. The highest BCUT2D eigenvalue weighted by Crippen LogP contribution is 2.35. The van der Waals surface area contributed by atoms with Crippen LogP contribution >= 0.6 is 0 Å². The van der Waals surface area contributed by atoms with Crippen molar-refractivity contribution in [1.29, 1.82) is 0 Å². The van der Waals surface area contributed by atoms with Crippen molar-refractivity contribution in [3.8, 4) is 0 Å². The van der Waals surface area contributed by atoms with E-state index < -0.39 is 0 Å². The maximum atomic E-state index is 4.07. The van der Waals surface area contributed by atoms with Gasteiger partial charge in [-0.25, -0.2) is 4.98 Å². The van der Waals surface area contributed by atoms with Crippen LogP contribution in [0.15, 0.2) is 18.7 Å².